The maximum absolute atomic E-state index is 12.0. The fourth-order valence-electron chi connectivity index (χ4n) is 3.78. The Morgan fingerprint density at radius 2 is 2.04 bits per heavy atom. The third kappa shape index (κ3) is 5.41. The number of carbonyl (C=O) groups excluding carboxylic acids is 1. The monoisotopic (exact) mass is 374 g/mol. The first kappa shape index (κ1) is 21.1. The van der Waals surface area contributed by atoms with Crippen LogP contribution in [0.2, 0.25) is 0 Å². The predicted molar refractivity (Wildman–Crippen MR) is 109 cm³/mol. The van der Waals surface area contributed by atoms with Gasteiger partial charge in [0.2, 0.25) is 0 Å². The van der Waals surface area contributed by atoms with Crippen LogP contribution in [0.5, 0.6) is 11.5 Å². The lowest BCUT2D eigenvalue weighted by molar-refractivity contribution is 0.217. The Balaban J connectivity index is 2.39. The Morgan fingerprint density at radius 3 is 2.67 bits per heavy atom. The molecule has 150 valence electrons. The Bertz CT molecular complexity index is 695. The van der Waals surface area contributed by atoms with E-state index in [0.29, 0.717) is 5.56 Å². The molecule has 1 aliphatic carbocycles. The molecule has 1 aromatic rings. The van der Waals surface area contributed by atoms with Crippen LogP contribution in [0.25, 0.3) is 0 Å². The molecule has 27 heavy (non-hydrogen) atoms. The van der Waals surface area contributed by atoms with E-state index in [-0.39, 0.29) is 30.0 Å². The highest BCUT2D eigenvalue weighted by atomic mass is 16.3. The number of urea groups is 1. The molecule has 0 heterocycles. The number of unbranched alkanes of at least 4 members (excludes halogenated alkanes) is 2. The zero-order valence-corrected chi connectivity index (χ0v) is 17.1. The molecule has 0 bridgehead atoms. The molecule has 1 aromatic carbocycles. The molecule has 0 aromatic heterocycles. The van der Waals surface area contributed by atoms with Gasteiger partial charge in [-0.2, -0.15) is 0 Å². The fourth-order valence-corrected chi connectivity index (χ4v) is 3.78. The number of nitrogens with one attached hydrogen (secondary N) is 1. The van der Waals surface area contributed by atoms with Gasteiger partial charge in [-0.25, -0.2) is 4.79 Å². The Morgan fingerprint density at radius 1 is 1.30 bits per heavy atom. The number of phenolic OH excluding ortho intramolecular Hbond substituents is 2. The van der Waals surface area contributed by atoms with Gasteiger partial charge in [0.25, 0.3) is 0 Å². The third-order valence-electron chi connectivity index (χ3n) is 5.33. The van der Waals surface area contributed by atoms with Gasteiger partial charge in [0, 0.05) is 37.7 Å². The second kappa shape index (κ2) is 9.67. The maximum atomic E-state index is 12.0. The van der Waals surface area contributed by atoms with Gasteiger partial charge in [0.1, 0.15) is 11.5 Å². The van der Waals surface area contributed by atoms with Crippen molar-refractivity contribution in [1.29, 1.82) is 0 Å². The van der Waals surface area contributed by atoms with E-state index < -0.39 is 0 Å². The van der Waals surface area contributed by atoms with Crippen molar-refractivity contribution in [2.45, 2.75) is 71.3 Å². The van der Waals surface area contributed by atoms with Gasteiger partial charge in [0.05, 0.1) is 0 Å². The molecule has 1 atom stereocenters. The first-order valence-corrected chi connectivity index (χ1v) is 10.0. The van der Waals surface area contributed by atoms with Crippen LogP contribution in [-0.2, 0) is 13.0 Å². The largest absolute Gasteiger partial charge is 0.507 e. The number of rotatable bonds is 7. The van der Waals surface area contributed by atoms with Crippen molar-refractivity contribution in [3.8, 4) is 11.5 Å². The van der Waals surface area contributed by atoms with E-state index in [1.807, 2.05) is 0 Å². The Labute approximate surface area is 163 Å². The van der Waals surface area contributed by atoms with Gasteiger partial charge in [-0.1, -0.05) is 31.4 Å². The van der Waals surface area contributed by atoms with Crippen molar-refractivity contribution in [2.24, 2.45) is 0 Å². The molecule has 0 radical (unpaired) electrons. The summed E-state index contributed by atoms with van der Waals surface area (Å²) in [6, 6.07) is 1.59. The minimum atomic E-state index is -0.197. The second-order valence-electron chi connectivity index (χ2n) is 7.82. The number of carbonyl (C=O) groups is 1. The van der Waals surface area contributed by atoms with Crippen molar-refractivity contribution in [2.75, 3.05) is 14.1 Å². The molecule has 0 saturated heterocycles. The molecule has 0 aliphatic heterocycles. The van der Waals surface area contributed by atoms with E-state index in [1.54, 1.807) is 20.2 Å². The fraction of sp³-hybridized carbons (Fsp3) is 0.591. The lowest BCUT2D eigenvalue weighted by Gasteiger charge is -2.24. The van der Waals surface area contributed by atoms with E-state index in [4.69, 9.17) is 0 Å². The van der Waals surface area contributed by atoms with E-state index in [0.717, 1.165) is 56.1 Å². The average Bonchev–Trinajstić information content (AvgIpc) is 2.61. The van der Waals surface area contributed by atoms with Gasteiger partial charge < -0.3 is 20.4 Å². The molecular weight excluding hydrogens is 340 g/mol. The summed E-state index contributed by atoms with van der Waals surface area (Å²) in [5.41, 5.74) is 3.53. The van der Waals surface area contributed by atoms with Gasteiger partial charge in [-0.15, -0.1) is 0 Å². The molecular formula is C22H34N2O3. The van der Waals surface area contributed by atoms with E-state index in [9.17, 15) is 15.0 Å². The molecule has 3 N–H and O–H groups in total. The van der Waals surface area contributed by atoms with Crippen LogP contribution in [0.4, 0.5) is 4.79 Å². The van der Waals surface area contributed by atoms with Crippen LogP contribution in [0, 0.1) is 0 Å². The maximum Gasteiger partial charge on any atom is 0.317 e. The van der Waals surface area contributed by atoms with Crippen LogP contribution < -0.4 is 5.32 Å². The van der Waals surface area contributed by atoms with E-state index >= 15 is 0 Å². The topological polar surface area (TPSA) is 72.8 Å². The molecule has 5 nitrogen and oxygen atoms in total. The molecule has 0 saturated carbocycles. The highest BCUT2D eigenvalue weighted by Gasteiger charge is 2.25. The molecule has 0 spiro atoms. The number of hydrogen-bond acceptors (Lipinski definition) is 3. The number of nitrogens with zero attached hydrogens (tertiary/aromatic N) is 1. The molecule has 5 heteroatoms. The summed E-state index contributed by atoms with van der Waals surface area (Å²) in [6.07, 6.45) is 9.16. The number of benzene rings is 1. The second-order valence-corrected chi connectivity index (χ2v) is 7.82. The minimum Gasteiger partial charge on any atom is -0.507 e. The predicted octanol–water partition coefficient (Wildman–Crippen LogP) is 4.82. The number of aromatic hydroxyl groups is 2. The number of aryl methyl sites for hydroxylation is 1. The van der Waals surface area contributed by atoms with Crippen molar-refractivity contribution in [3.05, 3.63) is 34.4 Å². The molecule has 1 unspecified atom stereocenters. The average molecular weight is 375 g/mol. The smallest absolute Gasteiger partial charge is 0.317 e. The zero-order chi connectivity index (χ0) is 20.0. The zero-order valence-electron chi connectivity index (χ0n) is 17.1. The van der Waals surface area contributed by atoms with Crippen LogP contribution in [0.1, 0.15) is 75.0 Å². The van der Waals surface area contributed by atoms with Gasteiger partial charge in [-0.05, 0) is 50.7 Å². The minimum absolute atomic E-state index is 0.0201. The Hall–Kier alpha value is -2.17. The first-order valence-electron chi connectivity index (χ1n) is 10.0. The number of phenols is 2. The summed E-state index contributed by atoms with van der Waals surface area (Å²) in [5.74, 6) is 0.320. The van der Waals surface area contributed by atoms with Crippen molar-refractivity contribution in [3.63, 3.8) is 0 Å². The summed E-state index contributed by atoms with van der Waals surface area (Å²) < 4.78 is 0. The van der Waals surface area contributed by atoms with Gasteiger partial charge in [-0.3, -0.25) is 0 Å². The molecule has 2 rings (SSSR count). The van der Waals surface area contributed by atoms with Gasteiger partial charge in [0.15, 0.2) is 0 Å². The number of hydrogen-bond donors (Lipinski definition) is 3. The summed E-state index contributed by atoms with van der Waals surface area (Å²) >= 11 is 0. The van der Waals surface area contributed by atoms with E-state index in [2.05, 4.69) is 25.2 Å². The summed E-state index contributed by atoms with van der Waals surface area (Å²) in [5, 5.41) is 24.6. The lowest BCUT2D eigenvalue weighted by atomic mass is 9.83. The van der Waals surface area contributed by atoms with Crippen molar-refractivity contribution in [1.82, 2.24) is 10.2 Å². The van der Waals surface area contributed by atoms with Crippen LogP contribution >= 0.6 is 0 Å². The third-order valence-corrected chi connectivity index (χ3v) is 5.33. The van der Waals surface area contributed by atoms with Crippen LogP contribution in [-0.4, -0.2) is 35.2 Å². The standard InChI is InChI=1S/C22H34N2O3/c1-5-6-7-10-16-13-19(25)20(17-11-8-9-15(2)12-17)21(26)18(16)14-23-22(27)24(3)4/h12-13,17,25-26H,5-11,14H2,1-4H3,(H,23,27). The van der Waals surface area contributed by atoms with Crippen molar-refractivity contribution >= 4 is 6.03 Å². The molecule has 1 aliphatic rings. The summed E-state index contributed by atoms with van der Waals surface area (Å²) in [4.78, 5) is 13.4. The summed E-state index contributed by atoms with van der Waals surface area (Å²) in [7, 11) is 3.38. The van der Waals surface area contributed by atoms with Crippen LogP contribution in [0.3, 0.4) is 0 Å². The quantitative estimate of drug-likeness (QED) is 0.473. The highest BCUT2D eigenvalue weighted by Crippen LogP contribution is 2.43. The molecule has 2 amide bonds. The Kier molecular flexibility index (Phi) is 7.57. The van der Waals surface area contributed by atoms with Crippen LogP contribution in [0.15, 0.2) is 17.7 Å². The number of allylic oxidation sites excluding steroid dienone is 2. The first-order chi connectivity index (χ1) is 12.8. The lowest BCUT2D eigenvalue weighted by Crippen LogP contribution is -2.34. The summed E-state index contributed by atoms with van der Waals surface area (Å²) in [6.45, 7) is 4.50. The molecule has 0 fully saturated rings. The van der Waals surface area contributed by atoms with E-state index in [1.165, 1.54) is 10.5 Å². The number of amides is 2. The normalized spacial score (nSPS) is 16.7. The SMILES string of the molecule is CCCCCc1cc(O)c(C2C=C(C)CCC2)c(O)c1CNC(=O)N(C)C. The highest BCUT2D eigenvalue weighted by molar-refractivity contribution is 5.73. The van der Waals surface area contributed by atoms with Gasteiger partial charge >= 0.3 is 6.03 Å². The van der Waals surface area contributed by atoms with Crippen molar-refractivity contribution < 1.29 is 15.0 Å².